The third kappa shape index (κ3) is 6.54. The first-order chi connectivity index (χ1) is 17.0. The highest BCUT2D eigenvalue weighted by molar-refractivity contribution is 5.95. The molecule has 2 aliphatic rings. The molecule has 0 aliphatic carbocycles. The van der Waals surface area contributed by atoms with E-state index in [-0.39, 0.29) is 0 Å². The van der Waals surface area contributed by atoms with Crippen molar-refractivity contribution in [2.45, 2.75) is 54.0 Å². The van der Waals surface area contributed by atoms with E-state index in [0.29, 0.717) is 18.4 Å². The molecule has 0 aromatic carbocycles. The predicted octanol–water partition coefficient (Wildman–Crippen LogP) is 4.59. The fraction of sp³-hybridized carbons (Fsp3) is 0.500. The summed E-state index contributed by atoms with van der Waals surface area (Å²) in [5.41, 5.74) is 4.28. The number of aliphatic imine (C=N–C) groups is 1. The lowest BCUT2D eigenvalue weighted by Gasteiger charge is -2.33. The van der Waals surface area contributed by atoms with Crippen molar-refractivity contribution in [2.75, 3.05) is 26.7 Å². The molecular formula is C28H43N7. The van der Waals surface area contributed by atoms with Gasteiger partial charge in [-0.05, 0) is 61.9 Å². The van der Waals surface area contributed by atoms with Crippen LogP contribution in [0.2, 0.25) is 0 Å². The Morgan fingerprint density at radius 3 is 2.71 bits per heavy atom. The molecule has 0 atom stereocenters. The number of hydrogen-bond donors (Lipinski definition) is 3. The van der Waals surface area contributed by atoms with Crippen molar-refractivity contribution in [1.82, 2.24) is 30.2 Å². The minimum Gasteiger partial charge on any atom is -0.371 e. The van der Waals surface area contributed by atoms with Crippen molar-refractivity contribution >= 4 is 11.5 Å². The normalized spacial score (nSPS) is 19.2. The molecule has 1 fully saturated rings. The van der Waals surface area contributed by atoms with E-state index in [9.17, 15) is 0 Å². The Kier molecular flexibility index (Phi) is 9.55. The molecule has 0 amide bonds. The maximum atomic E-state index is 4.96. The van der Waals surface area contributed by atoms with Crippen LogP contribution >= 0.6 is 0 Å². The fourth-order valence-corrected chi connectivity index (χ4v) is 4.49. The number of amidine groups is 1. The summed E-state index contributed by atoms with van der Waals surface area (Å²) >= 11 is 0. The van der Waals surface area contributed by atoms with Crippen molar-refractivity contribution in [3.05, 3.63) is 71.7 Å². The van der Waals surface area contributed by atoms with E-state index in [0.717, 1.165) is 54.0 Å². The monoisotopic (exact) mass is 477 g/mol. The fourth-order valence-electron chi connectivity index (χ4n) is 4.49. The number of pyridine rings is 1. The summed E-state index contributed by atoms with van der Waals surface area (Å²) in [5.74, 6) is 3.96. The van der Waals surface area contributed by atoms with Crippen molar-refractivity contribution in [2.24, 2.45) is 16.8 Å². The third-order valence-electron chi connectivity index (χ3n) is 6.49. The van der Waals surface area contributed by atoms with Gasteiger partial charge in [-0.2, -0.15) is 0 Å². The highest BCUT2D eigenvalue weighted by atomic mass is 15.3. The van der Waals surface area contributed by atoms with Crippen LogP contribution in [-0.4, -0.2) is 46.8 Å². The summed E-state index contributed by atoms with van der Waals surface area (Å²) in [6, 6.07) is 4.13. The number of likely N-dealkylation sites (N-methyl/N-ethyl adjacent to an activating group) is 1. The van der Waals surface area contributed by atoms with Crippen LogP contribution < -0.4 is 16.0 Å². The molecule has 0 unspecified atom stereocenters. The predicted molar refractivity (Wildman–Crippen MR) is 147 cm³/mol. The molecule has 0 saturated carbocycles. The van der Waals surface area contributed by atoms with E-state index in [2.05, 4.69) is 78.0 Å². The zero-order chi connectivity index (χ0) is 25.4. The van der Waals surface area contributed by atoms with Gasteiger partial charge in [0.05, 0.1) is 12.2 Å². The lowest BCUT2D eigenvalue weighted by atomic mass is 9.98. The number of fused-ring (bicyclic) bond motifs is 1. The number of aryl methyl sites for hydroxylation is 1. The lowest BCUT2D eigenvalue weighted by molar-refractivity contribution is 0.362. The van der Waals surface area contributed by atoms with Crippen LogP contribution in [0.15, 0.2) is 65.5 Å². The molecule has 1 saturated heterocycles. The molecule has 4 heterocycles. The van der Waals surface area contributed by atoms with Gasteiger partial charge in [-0.25, -0.2) is 4.98 Å². The molecule has 7 nitrogen and oxygen atoms in total. The van der Waals surface area contributed by atoms with Gasteiger partial charge in [-0.15, -0.1) is 0 Å². The molecule has 190 valence electrons. The summed E-state index contributed by atoms with van der Waals surface area (Å²) < 4.78 is 2.07. The largest absolute Gasteiger partial charge is 0.371 e. The van der Waals surface area contributed by atoms with Gasteiger partial charge in [0, 0.05) is 32.1 Å². The van der Waals surface area contributed by atoms with Gasteiger partial charge in [0.2, 0.25) is 0 Å². The van der Waals surface area contributed by atoms with Gasteiger partial charge in [0.1, 0.15) is 23.1 Å². The number of hydrogen-bond acceptors (Lipinski definition) is 5. The summed E-state index contributed by atoms with van der Waals surface area (Å²) in [6.07, 6.45) is 10.6. The van der Waals surface area contributed by atoms with Crippen molar-refractivity contribution in [3.63, 3.8) is 0 Å². The molecule has 0 bridgehead atoms. The van der Waals surface area contributed by atoms with Gasteiger partial charge in [-0.3, -0.25) is 4.99 Å². The van der Waals surface area contributed by atoms with Gasteiger partial charge < -0.3 is 25.3 Å². The first-order valence-electron chi connectivity index (χ1n) is 13.0. The molecule has 2 aliphatic heterocycles. The molecule has 0 radical (unpaired) electrons. The van der Waals surface area contributed by atoms with Crippen LogP contribution in [0.25, 0.3) is 5.65 Å². The zero-order valence-electron chi connectivity index (χ0n) is 22.4. The second-order valence-electron chi connectivity index (χ2n) is 9.31. The number of piperidine rings is 1. The van der Waals surface area contributed by atoms with Crippen LogP contribution in [0.1, 0.15) is 51.8 Å². The van der Waals surface area contributed by atoms with E-state index in [1.165, 1.54) is 18.4 Å². The first kappa shape index (κ1) is 26.5. The van der Waals surface area contributed by atoms with Crippen molar-refractivity contribution < 1.29 is 0 Å². The Morgan fingerprint density at radius 1 is 1.31 bits per heavy atom. The van der Waals surface area contributed by atoms with Gasteiger partial charge in [-0.1, -0.05) is 46.4 Å². The quantitative estimate of drug-likeness (QED) is 0.544. The van der Waals surface area contributed by atoms with E-state index < -0.39 is 0 Å². The molecular weight excluding hydrogens is 434 g/mol. The van der Waals surface area contributed by atoms with Crippen LogP contribution in [-0.2, 0) is 6.54 Å². The molecule has 2 aromatic heterocycles. The highest BCUT2D eigenvalue weighted by Crippen LogP contribution is 2.22. The average Bonchev–Trinajstić information content (AvgIpc) is 3.30. The topological polar surface area (TPSA) is 69.0 Å². The van der Waals surface area contributed by atoms with Gasteiger partial charge >= 0.3 is 0 Å². The van der Waals surface area contributed by atoms with Crippen LogP contribution in [0.4, 0.5) is 0 Å². The first-order valence-corrected chi connectivity index (χ1v) is 13.0. The summed E-state index contributed by atoms with van der Waals surface area (Å²) in [6.45, 7) is 18.2. The number of aromatic nitrogens is 2. The SMILES string of the molecule is C=C/C(=C1/NC(NCC2CCNCC2)=CC(=NCc2cn3cccc(C)c3n2)N1C)C(C)C.CC. The number of nitrogens with one attached hydrogen (secondary N) is 3. The second kappa shape index (κ2) is 12.6. The number of allylic oxidation sites excluding steroid dienone is 2. The molecule has 3 N–H and O–H groups in total. The Bertz CT molecular complexity index is 1080. The summed E-state index contributed by atoms with van der Waals surface area (Å²) in [5, 5.41) is 10.7. The zero-order valence-corrected chi connectivity index (χ0v) is 22.4. The van der Waals surface area contributed by atoms with Crippen molar-refractivity contribution in [1.29, 1.82) is 0 Å². The van der Waals surface area contributed by atoms with E-state index >= 15 is 0 Å². The van der Waals surface area contributed by atoms with Crippen LogP contribution in [0.5, 0.6) is 0 Å². The Balaban J connectivity index is 0.00000167. The summed E-state index contributed by atoms with van der Waals surface area (Å²) in [7, 11) is 2.06. The molecule has 4 rings (SSSR count). The minimum absolute atomic E-state index is 0.346. The molecule has 7 heteroatoms. The molecule has 35 heavy (non-hydrogen) atoms. The van der Waals surface area contributed by atoms with E-state index in [1.54, 1.807) is 0 Å². The van der Waals surface area contributed by atoms with Crippen molar-refractivity contribution in [3.8, 4) is 0 Å². The smallest absolute Gasteiger partial charge is 0.140 e. The number of rotatable bonds is 7. The average molecular weight is 478 g/mol. The maximum absolute atomic E-state index is 4.96. The van der Waals surface area contributed by atoms with Crippen LogP contribution in [0, 0.1) is 18.8 Å². The highest BCUT2D eigenvalue weighted by Gasteiger charge is 2.23. The Morgan fingerprint density at radius 2 is 2.06 bits per heavy atom. The Labute approximate surface area is 211 Å². The van der Waals surface area contributed by atoms with Gasteiger partial charge in [0.25, 0.3) is 0 Å². The standard InChI is InChI=1S/C26H37N7.C2H6/c1-6-22(18(2)3)26-31-23(28-15-20-9-11-27-12-10-20)14-24(32(26)5)29-16-21-17-33-13-7-8-19(4)25(33)30-21;1-2/h6-8,13-14,17-18,20,27-28,31H,1,9-12,15-16H2,2-5H3;1-2H3/b26-22+,29-24?;. The van der Waals surface area contributed by atoms with Gasteiger partial charge in [0.15, 0.2) is 0 Å². The van der Waals surface area contributed by atoms with E-state index in [1.807, 2.05) is 32.2 Å². The number of nitrogens with zero attached hydrogens (tertiary/aromatic N) is 4. The molecule has 2 aromatic rings. The summed E-state index contributed by atoms with van der Waals surface area (Å²) in [4.78, 5) is 11.9. The minimum atomic E-state index is 0.346. The van der Waals surface area contributed by atoms with E-state index in [4.69, 9.17) is 9.98 Å². The molecule has 0 spiro atoms. The lowest BCUT2D eigenvalue weighted by Crippen LogP contribution is -2.44. The van der Waals surface area contributed by atoms with Crippen LogP contribution in [0.3, 0.4) is 0 Å². The second-order valence-corrected chi connectivity index (χ2v) is 9.31. The Hall–Kier alpha value is -3.06. The maximum Gasteiger partial charge on any atom is 0.140 e. The third-order valence-corrected chi connectivity index (χ3v) is 6.49. The number of imidazole rings is 1.